The van der Waals surface area contributed by atoms with Crippen LogP contribution in [-0.4, -0.2) is 69.9 Å². The van der Waals surface area contributed by atoms with E-state index in [-0.39, 0.29) is 13.4 Å². The van der Waals surface area contributed by atoms with E-state index >= 15 is 0 Å². The first-order chi connectivity index (χ1) is 7.41. The molecule has 6 heteroatoms. The molecular weight excluding hydrogens is 204 g/mol. The molecule has 0 saturated carbocycles. The van der Waals surface area contributed by atoms with Gasteiger partial charge in [0, 0.05) is 0 Å². The first-order valence-corrected chi connectivity index (χ1v) is 4.94. The van der Waals surface area contributed by atoms with E-state index in [4.69, 9.17) is 24.4 Å². The van der Waals surface area contributed by atoms with Gasteiger partial charge in [-0.25, -0.2) is 0 Å². The van der Waals surface area contributed by atoms with Gasteiger partial charge in [-0.3, -0.25) is 0 Å². The molecule has 0 atom stereocenters. The molecule has 0 aliphatic rings. The van der Waals surface area contributed by atoms with Crippen LogP contribution in [0.15, 0.2) is 0 Å². The Labute approximate surface area is 89.7 Å². The Balaban J connectivity index is 2.81. The second-order valence-corrected chi connectivity index (χ2v) is 2.60. The van der Waals surface area contributed by atoms with Crippen LogP contribution < -0.4 is 0 Å². The lowest BCUT2D eigenvalue weighted by Gasteiger charge is -2.05. The summed E-state index contributed by atoms with van der Waals surface area (Å²) in [6.07, 6.45) is 0. The van der Waals surface area contributed by atoms with Crippen LogP contribution in [0.4, 0.5) is 0 Å². The molecule has 15 heavy (non-hydrogen) atoms. The van der Waals surface area contributed by atoms with Gasteiger partial charge in [0.25, 0.3) is 0 Å². The molecule has 0 radical (unpaired) electrons. The molecule has 6 nitrogen and oxygen atoms in total. The Morgan fingerprint density at radius 2 is 0.933 bits per heavy atom. The molecule has 0 aromatic heterocycles. The van der Waals surface area contributed by atoms with Gasteiger partial charge >= 0.3 is 0 Å². The lowest BCUT2D eigenvalue weighted by molar-refractivity contribution is -0.0400. The van der Waals surface area contributed by atoms with Crippen molar-refractivity contribution in [2.75, 3.05) is 59.6 Å². The average Bonchev–Trinajstić information content (AvgIpc) is 2.26. The topological polar surface area (TPSA) is 77.4 Å². The fraction of sp³-hybridized carbons (Fsp3) is 1.00. The van der Waals surface area contributed by atoms with Crippen molar-refractivity contribution in [2.45, 2.75) is 0 Å². The van der Waals surface area contributed by atoms with Gasteiger partial charge in [-0.15, -0.1) is 0 Å². The third-order valence-corrected chi connectivity index (χ3v) is 1.44. The Morgan fingerprint density at radius 3 is 1.33 bits per heavy atom. The summed E-state index contributed by atoms with van der Waals surface area (Å²) < 4.78 is 19.9. The van der Waals surface area contributed by atoms with Crippen molar-refractivity contribution in [1.82, 2.24) is 0 Å². The van der Waals surface area contributed by atoms with E-state index in [1.165, 1.54) is 0 Å². The van der Waals surface area contributed by atoms with Crippen LogP contribution in [0.5, 0.6) is 0 Å². The first-order valence-electron chi connectivity index (χ1n) is 4.94. The van der Waals surface area contributed by atoms with Crippen molar-refractivity contribution in [3.05, 3.63) is 0 Å². The van der Waals surface area contributed by atoms with Gasteiger partial charge in [0.1, 0.15) is 6.79 Å². The second-order valence-electron chi connectivity index (χ2n) is 2.60. The molecule has 0 aliphatic carbocycles. The molecule has 0 aromatic rings. The van der Waals surface area contributed by atoms with E-state index in [9.17, 15) is 0 Å². The number of aliphatic hydroxyl groups is 2. The van der Waals surface area contributed by atoms with Crippen molar-refractivity contribution in [3.63, 3.8) is 0 Å². The smallest absolute Gasteiger partial charge is 0.143 e. The van der Waals surface area contributed by atoms with Crippen molar-refractivity contribution < 1.29 is 29.2 Å². The summed E-state index contributed by atoms with van der Waals surface area (Å²) in [5.74, 6) is 0. The van der Waals surface area contributed by atoms with E-state index in [2.05, 4.69) is 4.74 Å². The van der Waals surface area contributed by atoms with Crippen LogP contribution in [-0.2, 0) is 18.9 Å². The molecule has 2 N–H and O–H groups in total. The Morgan fingerprint density at radius 1 is 0.533 bits per heavy atom. The summed E-state index contributed by atoms with van der Waals surface area (Å²) in [4.78, 5) is 0. The minimum absolute atomic E-state index is 0.0357. The van der Waals surface area contributed by atoms with Crippen LogP contribution in [0.25, 0.3) is 0 Å². The van der Waals surface area contributed by atoms with E-state index < -0.39 is 0 Å². The van der Waals surface area contributed by atoms with Gasteiger partial charge in [0.05, 0.1) is 52.9 Å². The zero-order valence-electron chi connectivity index (χ0n) is 8.89. The van der Waals surface area contributed by atoms with Gasteiger partial charge in [0.2, 0.25) is 0 Å². The van der Waals surface area contributed by atoms with E-state index in [0.29, 0.717) is 46.2 Å². The summed E-state index contributed by atoms with van der Waals surface area (Å²) in [5.41, 5.74) is 0. The first kappa shape index (κ1) is 14.8. The lowest BCUT2D eigenvalue weighted by atomic mass is 10.7. The van der Waals surface area contributed by atoms with Gasteiger partial charge in [-0.05, 0) is 0 Å². The number of hydrogen-bond donors (Lipinski definition) is 2. The molecule has 0 saturated heterocycles. The maximum absolute atomic E-state index is 8.39. The molecule has 0 unspecified atom stereocenters. The SMILES string of the molecule is OCCOCCOCCOCCOCO. The molecule has 0 spiro atoms. The summed E-state index contributed by atoms with van der Waals surface area (Å²) in [5, 5.41) is 16.7. The molecular formula is C9H20O6. The average molecular weight is 224 g/mol. The van der Waals surface area contributed by atoms with Gasteiger partial charge < -0.3 is 29.2 Å². The highest BCUT2D eigenvalue weighted by atomic mass is 16.6. The predicted octanol–water partition coefficient (Wildman–Crippen LogP) is -1.01. The quantitative estimate of drug-likeness (QED) is 0.327. The zero-order chi connectivity index (χ0) is 11.2. The molecule has 0 aromatic carbocycles. The lowest BCUT2D eigenvalue weighted by Crippen LogP contribution is -2.12. The van der Waals surface area contributed by atoms with Crippen LogP contribution in [0.3, 0.4) is 0 Å². The molecule has 0 heterocycles. The summed E-state index contributed by atoms with van der Waals surface area (Å²) in [7, 11) is 0. The van der Waals surface area contributed by atoms with Crippen LogP contribution in [0.1, 0.15) is 0 Å². The van der Waals surface area contributed by atoms with Crippen molar-refractivity contribution >= 4 is 0 Å². The van der Waals surface area contributed by atoms with Gasteiger partial charge in [0.15, 0.2) is 0 Å². The number of rotatable bonds is 12. The Kier molecular flexibility index (Phi) is 13.5. The minimum Gasteiger partial charge on any atom is -0.394 e. The Hall–Kier alpha value is -0.240. The van der Waals surface area contributed by atoms with E-state index in [1.54, 1.807) is 0 Å². The predicted molar refractivity (Wildman–Crippen MR) is 52.6 cm³/mol. The number of hydrogen-bond acceptors (Lipinski definition) is 6. The molecule has 0 bridgehead atoms. The monoisotopic (exact) mass is 224 g/mol. The normalized spacial score (nSPS) is 10.8. The Bertz CT molecular complexity index is 98.8. The van der Waals surface area contributed by atoms with Crippen molar-refractivity contribution in [1.29, 1.82) is 0 Å². The van der Waals surface area contributed by atoms with Crippen molar-refractivity contribution in [2.24, 2.45) is 0 Å². The molecule has 92 valence electrons. The highest BCUT2D eigenvalue weighted by molar-refractivity contribution is 4.33. The standard InChI is InChI=1S/C9H20O6/c10-1-2-12-3-4-13-5-6-14-7-8-15-9-11/h10-11H,1-9H2. The van der Waals surface area contributed by atoms with Crippen LogP contribution >= 0.6 is 0 Å². The maximum Gasteiger partial charge on any atom is 0.143 e. The molecule has 0 fully saturated rings. The highest BCUT2D eigenvalue weighted by Crippen LogP contribution is 1.81. The molecule has 0 aliphatic heterocycles. The van der Waals surface area contributed by atoms with Crippen LogP contribution in [0.2, 0.25) is 0 Å². The molecule has 0 amide bonds. The fourth-order valence-corrected chi connectivity index (χ4v) is 0.789. The summed E-state index contributed by atoms with van der Waals surface area (Å²) in [6.45, 7) is 2.91. The summed E-state index contributed by atoms with van der Waals surface area (Å²) >= 11 is 0. The maximum atomic E-state index is 8.39. The number of ether oxygens (including phenoxy) is 4. The van der Waals surface area contributed by atoms with E-state index in [1.807, 2.05) is 0 Å². The largest absolute Gasteiger partial charge is 0.394 e. The van der Waals surface area contributed by atoms with Gasteiger partial charge in [-0.1, -0.05) is 0 Å². The van der Waals surface area contributed by atoms with E-state index in [0.717, 1.165) is 0 Å². The van der Waals surface area contributed by atoms with Crippen LogP contribution in [0, 0.1) is 0 Å². The zero-order valence-corrected chi connectivity index (χ0v) is 8.89. The van der Waals surface area contributed by atoms with Crippen molar-refractivity contribution in [3.8, 4) is 0 Å². The summed E-state index contributed by atoms with van der Waals surface area (Å²) in [6, 6.07) is 0. The fourth-order valence-electron chi connectivity index (χ4n) is 0.789. The molecule has 0 rings (SSSR count). The van der Waals surface area contributed by atoms with Gasteiger partial charge in [-0.2, -0.15) is 0 Å². The highest BCUT2D eigenvalue weighted by Gasteiger charge is 1.91. The second kappa shape index (κ2) is 13.8. The minimum atomic E-state index is -0.276. The third kappa shape index (κ3) is 13.8. The third-order valence-electron chi connectivity index (χ3n) is 1.44. The number of aliphatic hydroxyl groups excluding tert-OH is 2.